The molecule has 0 fully saturated rings. The van der Waals surface area contributed by atoms with Gasteiger partial charge in [0.2, 0.25) is 0 Å². The fraction of sp³-hybridized carbons (Fsp3) is 0.333. The summed E-state index contributed by atoms with van der Waals surface area (Å²) < 4.78 is 0. The first-order valence-corrected chi connectivity index (χ1v) is 4.82. The molecule has 1 rings (SSSR count). The minimum Gasteiger partial charge on any atom is -0.507 e. The van der Waals surface area contributed by atoms with Crippen LogP contribution in [0.3, 0.4) is 0 Å². The Morgan fingerprint density at radius 1 is 1.06 bits per heavy atom. The van der Waals surface area contributed by atoms with Crippen molar-refractivity contribution in [1.82, 2.24) is 0 Å². The zero-order valence-electron chi connectivity index (χ0n) is 9.44. The van der Waals surface area contributed by atoms with Crippen molar-refractivity contribution in [3.05, 3.63) is 22.8 Å². The maximum atomic E-state index is 10.8. The predicted molar refractivity (Wildman–Crippen MR) is 59.2 cm³/mol. The highest BCUT2D eigenvalue weighted by atomic mass is 16.3. The van der Waals surface area contributed by atoms with Crippen LogP contribution in [0.25, 0.3) is 0 Å². The lowest BCUT2D eigenvalue weighted by molar-refractivity contribution is 0.111. The Bertz CT molecular complexity index is 441. The molecule has 2 N–H and O–H groups in total. The average Bonchev–Trinajstić information content (AvgIpc) is 2.17. The highest BCUT2D eigenvalue weighted by molar-refractivity contribution is 5.92. The van der Waals surface area contributed by atoms with Gasteiger partial charge in [0, 0.05) is 5.56 Å². The van der Waals surface area contributed by atoms with Gasteiger partial charge in [-0.1, -0.05) is 20.8 Å². The molecule has 0 bridgehead atoms. The lowest BCUT2D eigenvalue weighted by Gasteiger charge is -2.22. The van der Waals surface area contributed by atoms with Gasteiger partial charge in [0.25, 0.3) is 0 Å². The van der Waals surface area contributed by atoms with E-state index < -0.39 is 11.2 Å². The lowest BCUT2D eigenvalue weighted by Crippen LogP contribution is -2.13. The van der Waals surface area contributed by atoms with Gasteiger partial charge in [0.1, 0.15) is 11.5 Å². The van der Waals surface area contributed by atoms with Crippen LogP contribution in [0.5, 0.6) is 11.5 Å². The SMILES string of the molecule is CC(C)(C)c1cc(C=O)c(O)c(C=O)c1O. The van der Waals surface area contributed by atoms with Crippen LogP contribution in [0.15, 0.2) is 6.07 Å². The quantitative estimate of drug-likeness (QED) is 0.751. The summed E-state index contributed by atoms with van der Waals surface area (Å²) in [6.07, 6.45) is 0.796. The molecule has 0 aromatic heterocycles. The van der Waals surface area contributed by atoms with E-state index in [1.165, 1.54) is 6.07 Å². The average molecular weight is 222 g/mol. The van der Waals surface area contributed by atoms with Crippen molar-refractivity contribution in [2.75, 3.05) is 0 Å². The van der Waals surface area contributed by atoms with E-state index in [2.05, 4.69) is 0 Å². The van der Waals surface area contributed by atoms with Gasteiger partial charge in [0.15, 0.2) is 12.6 Å². The molecule has 86 valence electrons. The molecule has 4 heteroatoms. The Morgan fingerprint density at radius 2 is 1.62 bits per heavy atom. The third kappa shape index (κ3) is 1.91. The minimum absolute atomic E-state index is 0.00447. The third-order valence-electron chi connectivity index (χ3n) is 2.39. The number of benzene rings is 1. The van der Waals surface area contributed by atoms with Crippen LogP contribution in [0.2, 0.25) is 0 Å². The van der Waals surface area contributed by atoms with E-state index in [0.717, 1.165) is 0 Å². The van der Waals surface area contributed by atoms with Crippen LogP contribution in [0, 0.1) is 0 Å². The van der Waals surface area contributed by atoms with Gasteiger partial charge < -0.3 is 10.2 Å². The van der Waals surface area contributed by atoms with Crippen molar-refractivity contribution >= 4 is 12.6 Å². The van der Waals surface area contributed by atoms with Crippen LogP contribution in [0.1, 0.15) is 47.1 Å². The van der Waals surface area contributed by atoms with E-state index in [9.17, 15) is 19.8 Å². The molecule has 0 amide bonds. The van der Waals surface area contributed by atoms with Crippen molar-refractivity contribution in [2.45, 2.75) is 26.2 Å². The summed E-state index contributed by atoms with van der Waals surface area (Å²) in [5.74, 6) is -0.749. The van der Waals surface area contributed by atoms with E-state index in [0.29, 0.717) is 18.1 Å². The number of carbonyl (C=O) groups excluding carboxylic acids is 2. The van der Waals surface area contributed by atoms with Gasteiger partial charge in [-0.2, -0.15) is 0 Å². The van der Waals surface area contributed by atoms with E-state index in [-0.39, 0.29) is 16.9 Å². The normalized spacial score (nSPS) is 11.2. The summed E-state index contributed by atoms with van der Waals surface area (Å²) in [6, 6.07) is 1.39. The Morgan fingerprint density at radius 3 is 2.00 bits per heavy atom. The number of phenols is 2. The number of carbonyl (C=O) groups is 2. The molecule has 0 radical (unpaired) electrons. The van der Waals surface area contributed by atoms with Crippen LogP contribution in [-0.2, 0) is 5.41 Å². The Kier molecular flexibility index (Phi) is 3.03. The van der Waals surface area contributed by atoms with Gasteiger partial charge in [-0.3, -0.25) is 9.59 Å². The van der Waals surface area contributed by atoms with Crippen molar-refractivity contribution < 1.29 is 19.8 Å². The second-order valence-electron chi connectivity index (χ2n) is 4.61. The molecule has 0 heterocycles. The molecule has 0 aliphatic rings. The number of aromatic hydroxyl groups is 2. The molecule has 4 nitrogen and oxygen atoms in total. The zero-order chi connectivity index (χ0) is 12.5. The van der Waals surface area contributed by atoms with Crippen LogP contribution < -0.4 is 0 Å². The molecule has 0 saturated carbocycles. The molecule has 0 unspecified atom stereocenters. The number of phenolic OH excluding ortho intramolecular Hbond substituents is 2. The molecule has 1 aromatic carbocycles. The third-order valence-corrected chi connectivity index (χ3v) is 2.39. The zero-order valence-corrected chi connectivity index (χ0v) is 9.44. The number of rotatable bonds is 2. The predicted octanol–water partition coefficient (Wildman–Crippen LogP) is 2.02. The summed E-state index contributed by atoms with van der Waals surface area (Å²) in [7, 11) is 0. The van der Waals surface area contributed by atoms with E-state index in [1.54, 1.807) is 0 Å². The topological polar surface area (TPSA) is 74.6 Å². The monoisotopic (exact) mass is 222 g/mol. The maximum absolute atomic E-state index is 10.8. The highest BCUT2D eigenvalue weighted by Crippen LogP contribution is 2.38. The molecule has 0 spiro atoms. The Balaban J connectivity index is 3.66. The summed E-state index contributed by atoms with van der Waals surface area (Å²) >= 11 is 0. The second kappa shape index (κ2) is 3.96. The molecule has 1 aromatic rings. The molecule has 0 saturated heterocycles. The Labute approximate surface area is 93.5 Å². The molecule has 16 heavy (non-hydrogen) atoms. The van der Waals surface area contributed by atoms with E-state index in [1.807, 2.05) is 20.8 Å². The lowest BCUT2D eigenvalue weighted by atomic mass is 9.84. The highest BCUT2D eigenvalue weighted by Gasteiger charge is 2.24. The van der Waals surface area contributed by atoms with Gasteiger partial charge in [-0.15, -0.1) is 0 Å². The Hall–Kier alpha value is -1.84. The van der Waals surface area contributed by atoms with Crippen molar-refractivity contribution in [3.63, 3.8) is 0 Å². The summed E-state index contributed by atoms with van der Waals surface area (Å²) in [5, 5.41) is 19.4. The van der Waals surface area contributed by atoms with Crippen molar-refractivity contribution in [3.8, 4) is 11.5 Å². The van der Waals surface area contributed by atoms with Gasteiger partial charge in [-0.25, -0.2) is 0 Å². The van der Waals surface area contributed by atoms with E-state index >= 15 is 0 Å². The summed E-state index contributed by atoms with van der Waals surface area (Å²) in [4.78, 5) is 21.5. The maximum Gasteiger partial charge on any atom is 0.157 e. The number of aldehydes is 2. The molecule has 0 aliphatic heterocycles. The fourth-order valence-electron chi connectivity index (χ4n) is 1.48. The van der Waals surface area contributed by atoms with Crippen LogP contribution >= 0.6 is 0 Å². The van der Waals surface area contributed by atoms with Gasteiger partial charge >= 0.3 is 0 Å². The fourth-order valence-corrected chi connectivity index (χ4v) is 1.48. The minimum atomic E-state index is -0.476. The molecular weight excluding hydrogens is 208 g/mol. The van der Waals surface area contributed by atoms with Crippen molar-refractivity contribution in [2.24, 2.45) is 0 Å². The van der Waals surface area contributed by atoms with E-state index in [4.69, 9.17) is 0 Å². The molecular formula is C12H14O4. The van der Waals surface area contributed by atoms with Crippen LogP contribution in [-0.4, -0.2) is 22.8 Å². The van der Waals surface area contributed by atoms with Gasteiger partial charge in [0.05, 0.1) is 11.1 Å². The number of hydrogen-bond acceptors (Lipinski definition) is 4. The largest absolute Gasteiger partial charge is 0.507 e. The number of hydrogen-bond donors (Lipinski definition) is 2. The van der Waals surface area contributed by atoms with Crippen molar-refractivity contribution in [1.29, 1.82) is 0 Å². The molecule has 0 atom stereocenters. The van der Waals surface area contributed by atoms with Gasteiger partial charge in [-0.05, 0) is 11.5 Å². The first kappa shape index (κ1) is 12.2. The summed E-state index contributed by atoms with van der Waals surface area (Å²) in [6.45, 7) is 5.51. The first-order valence-electron chi connectivity index (χ1n) is 4.82. The second-order valence-corrected chi connectivity index (χ2v) is 4.61. The van der Waals surface area contributed by atoms with Crippen LogP contribution in [0.4, 0.5) is 0 Å². The summed E-state index contributed by atoms with van der Waals surface area (Å²) in [5.41, 5.74) is -0.207. The standard InChI is InChI=1S/C12H14O4/c1-12(2,3)9-4-7(5-13)10(15)8(6-14)11(9)16/h4-6,15-16H,1-3H3. The first-order chi connectivity index (χ1) is 7.32. The smallest absolute Gasteiger partial charge is 0.157 e. The molecule has 0 aliphatic carbocycles.